The van der Waals surface area contributed by atoms with Gasteiger partial charge in [0, 0.05) is 17.3 Å². The van der Waals surface area contributed by atoms with Gasteiger partial charge >= 0.3 is 0 Å². The Kier molecular flexibility index (Phi) is 3.37. The molecule has 5 rings (SSSR count). The Morgan fingerprint density at radius 1 is 1.08 bits per heavy atom. The molecule has 3 heteroatoms. The topological polar surface area (TPSA) is 46.7 Å². The minimum atomic E-state index is -0.0902. The van der Waals surface area contributed by atoms with Crippen molar-refractivity contribution in [2.75, 3.05) is 0 Å². The number of rotatable bonds is 2. The highest BCUT2D eigenvalue weighted by molar-refractivity contribution is 6.01. The highest BCUT2D eigenvalue weighted by Gasteiger charge is 2.62. The van der Waals surface area contributed by atoms with E-state index in [-0.39, 0.29) is 28.3 Å². The van der Waals surface area contributed by atoms with Gasteiger partial charge in [0.1, 0.15) is 5.78 Å². The molecule has 0 bridgehead atoms. The van der Waals surface area contributed by atoms with Crippen LogP contribution in [0.25, 0.3) is 0 Å². The van der Waals surface area contributed by atoms with E-state index in [1.54, 1.807) is 6.08 Å². The van der Waals surface area contributed by atoms with Gasteiger partial charge in [-0.1, -0.05) is 18.6 Å². The number of fused-ring (bicyclic) bond motifs is 5. The van der Waals surface area contributed by atoms with Crippen molar-refractivity contribution in [3.63, 3.8) is 0 Å². The number of epoxide rings is 1. The number of allylic oxidation sites excluding steroid dienone is 4. The summed E-state index contributed by atoms with van der Waals surface area (Å²) in [5.74, 6) is 2.33. The molecular weight excluding hydrogens is 324 g/mol. The van der Waals surface area contributed by atoms with Crippen LogP contribution in [0.5, 0.6) is 0 Å². The van der Waals surface area contributed by atoms with Crippen molar-refractivity contribution in [1.82, 2.24) is 0 Å². The van der Waals surface area contributed by atoms with Crippen molar-refractivity contribution in [1.29, 1.82) is 0 Å². The van der Waals surface area contributed by atoms with Crippen LogP contribution in [0.2, 0.25) is 0 Å². The minimum absolute atomic E-state index is 0.0256. The Bertz CT molecular complexity index is 745. The van der Waals surface area contributed by atoms with Gasteiger partial charge in [-0.25, -0.2) is 0 Å². The Labute approximate surface area is 156 Å². The molecule has 0 spiro atoms. The van der Waals surface area contributed by atoms with Gasteiger partial charge in [-0.2, -0.15) is 0 Å². The van der Waals surface area contributed by atoms with Gasteiger partial charge in [0.15, 0.2) is 5.78 Å². The SMILES string of the molecule is CC1(C)OC1C[C@]12C=CC(=O)C=C1CC[C@H]1[C@@H]3CCC(=O)[C@@]3(C)CC[C@@H]12. The Morgan fingerprint density at radius 2 is 1.85 bits per heavy atom. The van der Waals surface area contributed by atoms with Crippen LogP contribution in [0.3, 0.4) is 0 Å². The molecule has 6 atom stereocenters. The summed E-state index contributed by atoms with van der Waals surface area (Å²) < 4.78 is 5.98. The van der Waals surface area contributed by atoms with Crippen LogP contribution >= 0.6 is 0 Å². The first-order chi connectivity index (χ1) is 12.3. The van der Waals surface area contributed by atoms with Gasteiger partial charge in [-0.3, -0.25) is 9.59 Å². The van der Waals surface area contributed by atoms with E-state index in [1.807, 2.05) is 6.08 Å². The fourth-order valence-electron chi connectivity index (χ4n) is 7.06. The molecule has 5 aliphatic rings. The summed E-state index contributed by atoms with van der Waals surface area (Å²) in [6.45, 7) is 6.57. The number of ether oxygens (including phenoxy) is 1. The second-order valence-electron chi connectivity index (χ2n) is 10.2. The van der Waals surface area contributed by atoms with Gasteiger partial charge < -0.3 is 4.74 Å². The van der Waals surface area contributed by atoms with E-state index < -0.39 is 0 Å². The summed E-state index contributed by atoms with van der Waals surface area (Å²) in [7, 11) is 0. The lowest BCUT2D eigenvalue weighted by atomic mass is 9.47. The third kappa shape index (κ3) is 2.16. The maximum absolute atomic E-state index is 12.6. The first-order valence-corrected chi connectivity index (χ1v) is 10.4. The van der Waals surface area contributed by atoms with Crippen molar-refractivity contribution in [3.05, 3.63) is 23.8 Å². The van der Waals surface area contributed by atoms with E-state index in [2.05, 4.69) is 26.8 Å². The van der Waals surface area contributed by atoms with Gasteiger partial charge in [-0.15, -0.1) is 0 Å². The maximum atomic E-state index is 12.6. The van der Waals surface area contributed by atoms with Crippen LogP contribution in [0.15, 0.2) is 23.8 Å². The molecule has 1 aliphatic heterocycles. The molecule has 0 amide bonds. The number of carbonyl (C=O) groups is 2. The quantitative estimate of drug-likeness (QED) is 0.690. The number of carbonyl (C=O) groups excluding carboxylic acids is 2. The van der Waals surface area contributed by atoms with E-state index >= 15 is 0 Å². The Balaban J connectivity index is 1.53. The summed E-state index contributed by atoms with van der Waals surface area (Å²) in [5, 5.41) is 0. The zero-order chi connectivity index (χ0) is 18.3. The van der Waals surface area contributed by atoms with Gasteiger partial charge in [0.25, 0.3) is 0 Å². The van der Waals surface area contributed by atoms with E-state index in [1.165, 1.54) is 5.57 Å². The van der Waals surface area contributed by atoms with E-state index in [0.29, 0.717) is 23.5 Å². The lowest BCUT2D eigenvalue weighted by Gasteiger charge is -2.56. The van der Waals surface area contributed by atoms with Gasteiger partial charge in [0.2, 0.25) is 0 Å². The average Bonchev–Trinajstić information content (AvgIpc) is 3.06. The molecule has 4 fully saturated rings. The molecule has 1 unspecified atom stereocenters. The molecule has 0 aromatic heterocycles. The number of ketones is 2. The summed E-state index contributed by atoms with van der Waals surface area (Å²) in [6, 6.07) is 0. The lowest BCUT2D eigenvalue weighted by Crippen LogP contribution is -2.51. The maximum Gasteiger partial charge on any atom is 0.178 e. The predicted molar refractivity (Wildman–Crippen MR) is 99.5 cm³/mol. The molecular formula is C23H30O3. The standard InChI is InChI=1S/C23H30O3/c1-21(2)20(26-21)13-23-11-8-15(24)12-14(23)4-5-16-17-6-7-19(25)22(17,3)10-9-18(16)23/h8,11-12,16-18,20H,4-7,9-10,13H2,1-3H3/t16-,17-,18-,20?,22-,23+/m0/s1. The van der Waals surface area contributed by atoms with Gasteiger partial charge in [-0.05, 0) is 82.3 Å². The third-order valence-electron chi connectivity index (χ3n) is 8.70. The molecule has 3 saturated carbocycles. The number of hydrogen-bond acceptors (Lipinski definition) is 3. The summed E-state index contributed by atoms with van der Waals surface area (Å²) in [6.07, 6.45) is 13.3. The van der Waals surface area contributed by atoms with Crippen LogP contribution < -0.4 is 0 Å². The van der Waals surface area contributed by atoms with Crippen LogP contribution in [-0.4, -0.2) is 23.3 Å². The van der Waals surface area contributed by atoms with Crippen LogP contribution in [0, 0.1) is 28.6 Å². The second-order valence-corrected chi connectivity index (χ2v) is 10.2. The highest BCUT2D eigenvalue weighted by Crippen LogP contribution is 2.65. The van der Waals surface area contributed by atoms with Crippen molar-refractivity contribution in [2.45, 2.75) is 77.4 Å². The molecule has 1 saturated heterocycles. The predicted octanol–water partition coefficient (Wildman–Crippen LogP) is 4.41. The molecule has 26 heavy (non-hydrogen) atoms. The van der Waals surface area contributed by atoms with Crippen LogP contribution in [-0.2, 0) is 14.3 Å². The molecule has 0 N–H and O–H groups in total. The molecule has 3 nitrogen and oxygen atoms in total. The average molecular weight is 354 g/mol. The molecule has 0 aromatic carbocycles. The fraction of sp³-hybridized carbons (Fsp3) is 0.739. The molecule has 4 aliphatic carbocycles. The first kappa shape index (κ1) is 16.9. The normalized spacial score (nSPS) is 48.5. The second kappa shape index (κ2) is 5.19. The van der Waals surface area contributed by atoms with Gasteiger partial charge in [0.05, 0.1) is 11.7 Å². The Hall–Kier alpha value is -1.22. The highest BCUT2D eigenvalue weighted by atomic mass is 16.6. The van der Waals surface area contributed by atoms with Crippen LogP contribution in [0.1, 0.15) is 65.7 Å². The zero-order valence-electron chi connectivity index (χ0n) is 16.2. The lowest BCUT2D eigenvalue weighted by molar-refractivity contribution is -0.131. The number of hydrogen-bond donors (Lipinski definition) is 0. The zero-order valence-corrected chi connectivity index (χ0v) is 16.2. The van der Waals surface area contributed by atoms with E-state index in [0.717, 1.165) is 44.9 Å². The summed E-state index contributed by atoms with van der Waals surface area (Å²) in [5.41, 5.74) is 1.19. The molecule has 0 radical (unpaired) electrons. The summed E-state index contributed by atoms with van der Waals surface area (Å²) in [4.78, 5) is 24.7. The van der Waals surface area contributed by atoms with E-state index in [9.17, 15) is 9.59 Å². The smallest absolute Gasteiger partial charge is 0.178 e. The van der Waals surface area contributed by atoms with Crippen molar-refractivity contribution in [3.8, 4) is 0 Å². The minimum Gasteiger partial charge on any atom is -0.367 e. The van der Waals surface area contributed by atoms with Crippen LogP contribution in [0.4, 0.5) is 0 Å². The number of Topliss-reactive ketones (excluding diaryl/α,β-unsaturated/α-hetero) is 1. The van der Waals surface area contributed by atoms with E-state index in [4.69, 9.17) is 4.74 Å². The molecule has 0 aromatic rings. The van der Waals surface area contributed by atoms with Crippen molar-refractivity contribution in [2.24, 2.45) is 28.6 Å². The molecule has 140 valence electrons. The largest absolute Gasteiger partial charge is 0.367 e. The third-order valence-corrected chi connectivity index (χ3v) is 8.70. The summed E-state index contributed by atoms with van der Waals surface area (Å²) >= 11 is 0. The first-order valence-electron chi connectivity index (χ1n) is 10.4. The van der Waals surface area contributed by atoms with Crippen molar-refractivity contribution >= 4 is 11.6 Å². The van der Waals surface area contributed by atoms with Crippen molar-refractivity contribution < 1.29 is 14.3 Å². The Morgan fingerprint density at radius 3 is 2.58 bits per heavy atom. The molecule has 1 heterocycles. The monoisotopic (exact) mass is 354 g/mol. The fourth-order valence-corrected chi connectivity index (χ4v) is 7.06.